The van der Waals surface area contributed by atoms with Gasteiger partial charge in [-0.1, -0.05) is 19.8 Å². The van der Waals surface area contributed by atoms with E-state index in [1.165, 1.54) is 25.0 Å². The lowest BCUT2D eigenvalue weighted by Crippen LogP contribution is -2.50. The molecule has 1 aliphatic carbocycles. The number of ether oxygens (including phenoxy) is 1. The Morgan fingerprint density at radius 1 is 1.39 bits per heavy atom. The average Bonchev–Trinajstić information content (AvgIpc) is 3.39. The van der Waals surface area contributed by atoms with Gasteiger partial charge in [-0.2, -0.15) is 0 Å². The smallest absolute Gasteiger partial charge is 0.256 e. The van der Waals surface area contributed by atoms with Crippen molar-refractivity contribution in [3.63, 3.8) is 0 Å². The minimum Gasteiger partial charge on any atom is -0.508 e. The predicted molar refractivity (Wildman–Crippen MR) is 89.3 cm³/mol. The van der Waals surface area contributed by atoms with Crippen LogP contribution in [0.5, 0.6) is 5.75 Å². The highest BCUT2D eigenvalue weighted by molar-refractivity contribution is 5.99. The number of carbonyl (C=O) groups excluding carboxylic acids is 1. The van der Waals surface area contributed by atoms with Gasteiger partial charge >= 0.3 is 0 Å². The Bertz CT molecular complexity index is 571. The summed E-state index contributed by atoms with van der Waals surface area (Å²) in [6, 6.07) is 4.54. The summed E-state index contributed by atoms with van der Waals surface area (Å²) in [5.41, 5.74) is 6.72. The Balaban J connectivity index is 1.75. The molecule has 2 aliphatic rings. The third-order valence-electron chi connectivity index (χ3n) is 4.77. The fourth-order valence-corrected chi connectivity index (χ4v) is 3.26. The van der Waals surface area contributed by atoms with E-state index < -0.39 is 0 Å². The molecule has 5 nitrogen and oxygen atoms in total. The number of hydrogen-bond donors (Lipinski definition) is 2. The molecule has 5 heteroatoms. The number of nitrogens with two attached hydrogens (primary N) is 1. The number of hydrogen-bond acceptors (Lipinski definition) is 4. The minimum atomic E-state index is -0.103. The average molecular weight is 318 g/mol. The number of morpholine rings is 1. The Hall–Kier alpha value is -1.75. The summed E-state index contributed by atoms with van der Waals surface area (Å²) in [7, 11) is 0. The van der Waals surface area contributed by atoms with Crippen LogP contribution in [-0.4, -0.2) is 41.2 Å². The van der Waals surface area contributed by atoms with Crippen LogP contribution in [0.1, 0.15) is 49.4 Å². The number of phenolic OH excluding ortho intramolecular Hbond substituents is 1. The second-order valence-electron chi connectivity index (χ2n) is 6.76. The molecule has 1 heterocycles. The van der Waals surface area contributed by atoms with E-state index in [0.717, 1.165) is 19.3 Å². The number of unbranched alkanes of at least 4 members (excludes halogenated alkanes) is 1. The van der Waals surface area contributed by atoms with E-state index in [1.54, 1.807) is 6.07 Å². The molecule has 0 radical (unpaired) electrons. The van der Waals surface area contributed by atoms with Crippen molar-refractivity contribution in [1.82, 2.24) is 4.90 Å². The molecule has 23 heavy (non-hydrogen) atoms. The normalized spacial score (nSPS) is 24.7. The monoisotopic (exact) mass is 318 g/mol. The maximum Gasteiger partial charge on any atom is 0.256 e. The molecule has 3 N–H and O–H groups in total. The molecule has 1 aromatic carbocycles. The van der Waals surface area contributed by atoms with Crippen molar-refractivity contribution < 1.29 is 14.6 Å². The third-order valence-corrected chi connectivity index (χ3v) is 4.77. The predicted octanol–water partition coefficient (Wildman–Crippen LogP) is 2.78. The first kappa shape index (κ1) is 16.1. The standard InChI is InChI=1S/C18H26N2O3/c1-2-3-4-14-10-20(11-17(23-14)12-5-6-12)18(22)15-9-13(21)7-8-16(15)19/h7-9,12,14,17,21H,2-6,10-11,19H2,1H3/t14-,17-/m1/s1. The number of rotatable bonds is 5. The molecule has 0 aromatic heterocycles. The topological polar surface area (TPSA) is 75.8 Å². The molecule has 3 rings (SSSR count). The third kappa shape index (κ3) is 3.78. The van der Waals surface area contributed by atoms with Crippen LogP contribution in [0, 0.1) is 5.92 Å². The largest absolute Gasteiger partial charge is 0.508 e. The molecular formula is C18H26N2O3. The van der Waals surface area contributed by atoms with Gasteiger partial charge in [-0.3, -0.25) is 4.79 Å². The van der Waals surface area contributed by atoms with E-state index in [4.69, 9.17) is 10.5 Å². The van der Waals surface area contributed by atoms with Crippen molar-refractivity contribution >= 4 is 11.6 Å². The summed E-state index contributed by atoms with van der Waals surface area (Å²) in [6.45, 7) is 3.40. The van der Waals surface area contributed by atoms with Crippen LogP contribution >= 0.6 is 0 Å². The fourth-order valence-electron chi connectivity index (χ4n) is 3.26. The van der Waals surface area contributed by atoms with Crippen molar-refractivity contribution in [3.8, 4) is 5.75 Å². The van der Waals surface area contributed by atoms with Crippen LogP contribution in [0.3, 0.4) is 0 Å². The van der Waals surface area contributed by atoms with E-state index in [-0.39, 0.29) is 23.9 Å². The molecule has 0 spiro atoms. The fraction of sp³-hybridized carbons (Fsp3) is 0.611. The van der Waals surface area contributed by atoms with Crippen molar-refractivity contribution in [2.24, 2.45) is 5.92 Å². The molecule has 0 unspecified atom stereocenters. The number of nitrogen functional groups attached to an aromatic ring is 1. The first-order chi connectivity index (χ1) is 11.1. The van der Waals surface area contributed by atoms with Gasteiger partial charge in [0, 0.05) is 18.8 Å². The molecule has 126 valence electrons. The molecule has 1 aliphatic heterocycles. The van der Waals surface area contributed by atoms with Crippen LogP contribution in [0.4, 0.5) is 5.69 Å². The number of benzene rings is 1. The Morgan fingerprint density at radius 3 is 2.87 bits per heavy atom. The summed E-state index contributed by atoms with van der Waals surface area (Å²) < 4.78 is 6.21. The number of anilines is 1. The molecule has 1 saturated carbocycles. The SMILES string of the molecule is CCCC[C@@H]1CN(C(=O)c2cc(O)ccc2N)C[C@H](C2CC2)O1. The van der Waals surface area contributed by atoms with Crippen molar-refractivity contribution in [2.75, 3.05) is 18.8 Å². The lowest BCUT2D eigenvalue weighted by Gasteiger charge is -2.38. The first-order valence-electron chi connectivity index (χ1n) is 8.61. The van der Waals surface area contributed by atoms with Crippen LogP contribution in [-0.2, 0) is 4.74 Å². The van der Waals surface area contributed by atoms with Gasteiger partial charge in [0.25, 0.3) is 5.91 Å². The summed E-state index contributed by atoms with van der Waals surface area (Å²) in [4.78, 5) is 14.7. The highest BCUT2D eigenvalue weighted by Crippen LogP contribution is 2.37. The van der Waals surface area contributed by atoms with Crippen LogP contribution < -0.4 is 5.73 Å². The quantitative estimate of drug-likeness (QED) is 0.646. The minimum absolute atomic E-state index is 0.0667. The summed E-state index contributed by atoms with van der Waals surface area (Å²) in [5.74, 6) is 0.558. The van der Waals surface area contributed by atoms with Crippen LogP contribution in [0.15, 0.2) is 18.2 Å². The molecule has 2 fully saturated rings. The summed E-state index contributed by atoms with van der Waals surface area (Å²) in [5, 5.41) is 9.65. The van der Waals surface area contributed by atoms with E-state index in [9.17, 15) is 9.90 Å². The van der Waals surface area contributed by atoms with Gasteiger partial charge in [0.15, 0.2) is 0 Å². The zero-order valence-electron chi connectivity index (χ0n) is 13.7. The van der Waals surface area contributed by atoms with Gasteiger partial charge in [-0.05, 0) is 43.4 Å². The molecule has 2 atom stereocenters. The summed E-state index contributed by atoms with van der Waals surface area (Å²) >= 11 is 0. The number of phenols is 1. The second kappa shape index (κ2) is 6.79. The number of aromatic hydroxyl groups is 1. The van der Waals surface area contributed by atoms with Gasteiger partial charge in [-0.25, -0.2) is 0 Å². The van der Waals surface area contributed by atoms with Crippen molar-refractivity contribution in [3.05, 3.63) is 23.8 Å². The van der Waals surface area contributed by atoms with E-state index in [0.29, 0.717) is 30.3 Å². The highest BCUT2D eigenvalue weighted by Gasteiger charge is 2.39. The first-order valence-corrected chi connectivity index (χ1v) is 8.61. The molecule has 1 amide bonds. The van der Waals surface area contributed by atoms with E-state index in [2.05, 4.69) is 6.92 Å². The van der Waals surface area contributed by atoms with Gasteiger partial charge in [-0.15, -0.1) is 0 Å². The maximum atomic E-state index is 12.9. The highest BCUT2D eigenvalue weighted by atomic mass is 16.5. The van der Waals surface area contributed by atoms with Crippen molar-refractivity contribution in [2.45, 2.75) is 51.2 Å². The molecule has 1 aromatic rings. The van der Waals surface area contributed by atoms with Crippen LogP contribution in [0.2, 0.25) is 0 Å². The van der Waals surface area contributed by atoms with Gasteiger partial charge < -0.3 is 20.5 Å². The second-order valence-corrected chi connectivity index (χ2v) is 6.76. The Kier molecular flexibility index (Phi) is 4.76. The van der Waals surface area contributed by atoms with Gasteiger partial charge in [0.2, 0.25) is 0 Å². The molecule has 0 bridgehead atoms. The Labute approximate surface area is 137 Å². The molecular weight excluding hydrogens is 292 g/mol. The lowest BCUT2D eigenvalue weighted by molar-refractivity contribution is -0.0874. The number of carbonyl (C=O) groups is 1. The van der Waals surface area contributed by atoms with E-state index in [1.807, 2.05) is 4.90 Å². The van der Waals surface area contributed by atoms with Crippen molar-refractivity contribution in [1.29, 1.82) is 0 Å². The Morgan fingerprint density at radius 2 is 2.17 bits per heavy atom. The molecule has 1 saturated heterocycles. The maximum absolute atomic E-state index is 12.9. The summed E-state index contributed by atoms with van der Waals surface area (Å²) in [6.07, 6.45) is 5.87. The van der Waals surface area contributed by atoms with E-state index >= 15 is 0 Å². The number of nitrogens with zero attached hydrogens (tertiary/aromatic N) is 1. The zero-order valence-corrected chi connectivity index (χ0v) is 13.7. The van der Waals surface area contributed by atoms with Gasteiger partial charge in [0.05, 0.1) is 17.8 Å². The lowest BCUT2D eigenvalue weighted by atomic mass is 10.0. The van der Waals surface area contributed by atoms with Gasteiger partial charge in [0.1, 0.15) is 5.75 Å². The zero-order chi connectivity index (χ0) is 16.4. The number of amides is 1. The van der Waals surface area contributed by atoms with Crippen LogP contribution in [0.25, 0.3) is 0 Å².